The second-order valence-electron chi connectivity index (χ2n) is 5.37. The van der Waals surface area contributed by atoms with Gasteiger partial charge in [0.2, 0.25) is 0 Å². The number of amides is 1. The Morgan fingerprint density at radius 3 is 2.88 bits per heavy atom. The van der Waals surface area contributed by atoms with Crippen LogP contribution in [-0.2, 0) is 6.42 Å². The standard InChI is InChI=1S/C16H18N6OS/c1-2-6-12(15-19-21-22-20-15)18-16(23)13-10-24-14(17-13)9-11-7-4-3-5-8-11/h3-5,7-8,10,12H,2,6,9H2,1H3,(H,18,23)(H,19,20,21,22)/t12-/m0/s1. The number of rotatable bonds is 7. The minimum Gasteiger partial charge on any atom is -0.340 e. The van der Waals surface area contributed by atoms with Gasteiger partial charge in [-0.3, -0.25) is 4.79 Å². The summed E-state index contributed by atoms with van der Waals surface area (Å²) in [7, 11) is 0. The van der Waals surface area contributed by atoms with Crippen molar-refractivity contribution in [3.8, 4) is 0 Å². The van der Waals surface area contributed by atoms with Gasteiger partial charge < -0.3 is 5.32 Å². The molecule has 0 radical (unpaired) electrons. The van der Waals surface area contributed by atoms with E-state index in [1.807, 2.05) is 25.1 Å². The lowest BCUT2D eigenvalue weighted by molar-refractivity contribution is 0.0928. The zero-order valence-electron chi connectivity index (χ0n) is 13.3. The maximum Gasteiger partial charge on any atom is 0.271 e. The van der Waals surface area contributed by atoms with E-state index in [-0.39, 0.29) is 11.9 Å². The van der Waals surface area contributed by atoms with Crippen LogP contribution in [0.1, 0.15) is 52.7 Å². The van der Waals surface area contributed by atoms with Gasteiger partial charge in [-0.1, -0.05) is 48.9 Å². The number of tetrazole rings is 1. The van der Waals surface area contributed by atoms with E-state index in [9.17, 15) is 4.79 Å². The van der Waals surface area contributed by atoms with E-state index in [4.69, 9.17) is 0 Å². The fourth-order valence-corrected chi connectivity index (χ4v) is 3.18. The number of thiazole rings is 1. The Morgan fingerprint density at radius 2 is 2.17 bits per heavy atom. The summed E-state index contributed by atoms with van der Waals surface area (Å²) in [6, 6.07) is 9.81. The molecule has 0 saturated carbocycles. The first kappa shape index (κ1) is 16.3. The van der Waals surface area contributed by atoms with Crippen LogP contribution in [0.2, 0.25) is 0 Å². The third kappa shape index (κ3) is 4.02. The Balaban J connectivity index is 1.66. The van der Waals surface area contributed by atoms with E-state index < -0.39 is 0 Å². The first-order chi connectivity index (χ1) is 11.8. The minimum atomic E-state index is -0.263. The van der Waals surface area contributed by atoms with Crippen LogP contribution in [0.3, 0.4) is 0 Å². The molecule has 0 unspecified atom stereocenters. The number of hydrogen-bond donors (Lipinski definition) is 2. The molecule has 1 atom stereocenters. The normalized spacial score (nSPS) is 12.0. The van der Waals surface area contributed by atoms with E-state index in [2.05, 4.69) is 43.1 Å². The number of carbonyl (C=O) groups is 1. The largest absolute Gasteiger partial charge is 0.340 e. The molecule has 0 spiro atoms. The average molecular weight is 342 g/mol. The van der Waals surface area contributed by atoms with Crippen LogP contribution in [0.25, 0.3) is 0 Å². The van der Waals surface area contributed by atoms with Gasteiger partial charge in [-0.2, -0.15) is 5.21 Å². The van der Waals surface area contributed by atoms with Crippen molar-refractivity contribution in [1.29, 1.82) is 0 Å². The van der Waals surface area contributed by atoms with Crippen LogP contribution >= 0.6 is 11.3 Å². The van der Waals surface area contributed by atoms with Gasteiger partial charge in [0.25, 0.3) is 5.91 Å². The molecule has 2 aromatic heterocycles. The molecule has 8 heteroatoms. The zero-order valence-corrected chi connectivity index (χ0v) is 14.1. The van der Waals surface area contributed by atoms with Crippen LogP contribution in [0.5, 0.6) is 0 Å². The second kappa shape index (κ2) is 7.78. The lowest BCUT2D eigenvalue weighted by Crippen LogP contribution is -2.29. The molecule has 0 aliphatic heterocycles. The topological polar surface area (TPSA) is 96.5 Å². The Hall–Kier alpha value is -2.61. The number of aromatic amines is 1. The summed E-state index contributed by atoms with van der Waals surface area (Å²) in [5.41, 5.74) is 1.60. The van der Waals surface area contributed by atoms with Gasteiger partial charge in [-0.25, -0.2) is 4.98 Å². The smallest absolute Gasteiger partial charge is 0.271 e. The molecule has 24 heavy (non-hydrogen) atoms. The SMILES string of the molecule is CCC[C@H](NC(=O)c1csc(Cc2ccccc2)n1)c1nn[nH]n1. The Bertz CT molecular complexity index is 771. The number of H-pyrrole nitrogens is 1. The predicted octanol–water partition coefficient (Wildman–Crippen LogP) is 2.52. The van der Waals surface area contributed by atoms with Crippen LogP contribution in [-0.4, -0.2) is 31.5 Å². The van der Waals surface area contributed by atoms with Crippen molar-refractivity contribution in [3.05, 3.63) is 57.8 Å². The maximum absolute atomic E-state index is 12.4. The molecule has 0 fully saturated rings. The lowest BCUT2D eigenvalue weighted by atomic mass is 10.1. The monoisotopic (exact) mass is 342 g/mol. The molecule has 7 nitrogen and oxygen atoms in total. The van der Waals surface area contributed by atoms with Crippen molar-refractivity contribution in [2.75, 3.05) is 0 Å². The van der Waals surface area contributed by atoms with E-state index in [0.29, 0.717) is 11.5 Å². The quantitative estimate of drug-likeness (QED) is 0.688. The van der Waals surface area contributed by atoms with E-state index in [1.165, 1.54) is 16.9 Å². The summed E-state index contributed by atoms with van der Waals surface area (Å²) in [6.45, 7) is 2.04. The highest BCUT2D eigenvalue weighted by Gasteiger charge is 2.20. The van der Waals surface area contributed by atoms with Gasteiger partial charge in [-0.05, 0) is 12.0 Å². The fraction of sp³-hybridized carbons (Fsp3) is 0.312. The van der Waals surface area contributed by atoms with Gasteiger partial charge in [0, 0.05) is 11.8 Å². The van der Waals surface area contributed by atoms with Crippen LogP contribution in [0.15, 0.2) is 35.7 Å². The third-order valence-electron chi connectivity index (χ3n) is 3.54. The molecule has 2 N–H and O–H groups in total. The summed E-state index contributed by atoms with van der Waals surface area (Å²) >= 11 is 1.49. The highest BCUT2D eigenvalue weighted by Crippen LogP contribution is 2.17. The molecule has 0 saturated heterocycles. The first-order valence-corrected chi connectivity index (χ1v) is 8.66. The zero-order chi connectivity index (χ0) is 16.8. The molecule has 1 aromatic carbocycles. The lowest BCUT2D eigenvalue weighted by Gasteiger charge is -2.13. The van der Waals surface area contributed by atoms with Gasteiger partial charge in [-0.15, -0.1) is 21.5 Å². The third-order valence-corrected chi connectivity index (χ3v) is 4.39. The van der Waals surface area contributed by atoms with Crippen LogP contribution < -0.4 is 5.32 Å². The van der Waals surface area contributed by atoms with Gasteiger partial charge in [0.15, 0.2) is 5.82 Å². The van der Waals surface area contributed by atoms with E-state index >= 15 is 0 Å². The molecule has 0 aliphatic carbocycles. The fourth-order valence-electron chi connectivity index (χ4n) is 2.37. The van der Waals surface area contributed by atoms with Crippen LogP contribution in [0.4, 0.5) is 0 Å². The molecule has 0 aliphatic rings. The van der Waals surface area contributed by atoms with Crippen molar-refractivity contribution in [1.82, 2.24) is 30.9 Å². The van der Waals surface area contributed by atoms with Crippen molar-refractivity contribution < 1.29 is 4.79 Å². The minimum absolute atomic E-state index is 0.214. The Kier molecular flexibility index (Phi) is 5.27. The summed E-state index contributed by atoms with van der Waals surface area (Å²) in [6.07, 6.45) is 2.37. The molecule has 124 valence electrons. The number of aromatic nitrogens is 5. The van der Waals surface area contributed by atoms with Gasteiger partial charge in [0.05, 0.1) is 11.0 Å². The van der Waals surface area contributed by atoms with Gasteiger partial charge >= 0.3 is 0 Å². The molecule has 1 amide bonds. The number of nitrogens with one attached hydrogen (secondary N) is 2. The van der Waals surface area contributed by atoms with Crippen molar-refractivity contribution in [2.45, 2.75) is 32.2 Å². The summed E-state index contributed by atoms with van der Waals surface area (Å²) < 4.78 is 0. The Morgan fingerprint density at radius 1 is 1.33 bits per heavy atom. The number of carbonyl (C=O) groups excluding carboxylic acids is 1. The van der Waals surface area contributed by atoms with Crippen molar-refractivity contribution >= 4 is 17.2 Å². The van der Waals surface area contributed by atoms with Crippen LogP contribution in [0, 0.1) is 0 Å². The second-order valence-corrected chi connectivity index (χ2v) is 6.32. The molecule has 2 heterocycles. The van der Waals surface area contributed by atoms with Crippen molar-refractivity contribution in [3.63, 3.8) is 0 Å². The Labute approximate surface area is 143 Å². The highest BCUT2D eigenvalue weighted by atomic mass is 32.1. The van der Waals surface area contributed by atoms with Crippen molar-refractivity contribution in [2.24, 2.45) is 0 Å². The molecular formula is C16H18N6OS. The predicted molar refractivity (Wildman–Crippen MR) is 90.7 cm³/mol. The number of hydrogen-bond acceptors (Lipinski definition) is 6. The number of nitrogens with zero attached hydrogens (tertiary/aromatic N) is 4. The van der Waals surface area contributed by atoms with E-state index in [0.717, 1.165) is 24.3 Å². The summed E-state index contributed by atoms with van der Waals surface area (Å²) in [5, 5.41) is 19.5. The summed E-state index contributed by atoms with van der Waals surface area (Å²) in [4.78, 5) is 16.9. The first-order valence-electron chi connectivity index (χ1n) is 7.78. The molecule has 3 aromatic rings. The maximum atomic E-state index is 12.4. The molecule has 3 rings (SSSR count). The molecule has 0 bridgehead atoms. The van der Waals surface area contributed by atoms with E-state index in [1.54, 1.807) is 5.38 Å². The van der Waals surface area contributed by atoms with Gasteiger partial charge in [0.1, 0.15) is 5.69 Å². The average Bonchev–Trinajstić information content (AvgIpc) is 3.27. The highest BCUT2D eigenvalue weighted by molar-refractivity contribution is 7.09. The summed E-state index contributed by atoms with van der Waals surface area (Å²) in [5.74, 6) is 0.277. The number of benzene rings is 1. The molecular weight excluding hydrogens is 324 g/mol.